The number of nitrogens with zero attached hydrogens (tertiary/aromatic N) is 3. The van der Waals surface area contributed by atoms with Gasteiger partial charge in [-0.05, 0) is 18.8 Å². The first-order valence-electron chi connectivity index (χ1n) is 8.92. The standard InChI is InChI=1S/C17H27N5O2/c1-2-4-13-8-21(9-14-7-18-12-19-14)10-15(13)20-16(23)11-22-6-3-5-17(22)24/h7,12-13,15H,2-6,8-11H2,1H3,(H,18,19)(H,20,23)/t13-,15-/m0/s1. The molecule has 132 valence electrons. The third-order valence-corrected chi connectivity index (χ3v) is 4.98. The number of carbonyl (C=O) groups excluding carboxylic acids is 2. The molecule has 2 amide bonds. The van der Waals surface area contributed by atoms with E-state index in [1.165, 1.54) is 0 Å². The molecule has 0 unspecified atom stereocenters. The highest BCUT2D eigenvalue weighted by Gasteiger charge is 2.34. The van der Waals surface area contributed by atoms with Crippen molar-refractivity contribution < 1.29 is 9.59 Å². The maximum atomic E-state index is 12.3. The van der Waals surface area contributed by atoms with Gasteiger partial charge in [-0.2, -0.15) is 0 Å². The van der Waals surface area contributed by atoms with Gasteiger partial charge in [-0.25, -0.2) is 4.98 Å². The fraction of sp³-hybridized carbons (Fsp3) is 0.706. The molecule has 7 nitrogen and oxygen atoms in total. The van der Waals surface area contributed by atoms with Gasteiger partial charge in [0.2, 0.25) is 11.8 Å². The van der Waals surface area contributed by atoms with Crippen molar-refractivity contribution in [1.29, 1.82) is 0 Å². The molecule has 2 fully saturated rings. The Bertz CT molecular complexity index is 559. The largest absolute Gasteiger partial charge is 0.350 e. The van der Waals surface area contributed by atoms with Crippen molar-refractivity contribution in [2.75, 3.05) is 26.2 Å². The van der Waals surface area contributed by atoms with Gasteiger partial charge in [0.05, 0.1) is 12.9 Å². The summed E-state index contributed by atoms with van der Waals surface area (Å²) < 4.78 is 0. The summed E-state index contributed by atoms with van der Waals surface area (Å²) in [6.45, 7) is 5.76. The molecular weight excluding hydrogens is 306 g/mol. The second-order valence-corrected chi connectivity index (χ2v) is 6.91. The van der Waals surface area contributed by atoms with Crippen LogP contribution in [-0.4, -0.2) is 63.8 Å². The molecular formula is C17H27N5O2. The molecule has 3 heterocycles. The number of hydrogen-bond acceptors (Lipinski definition) is 4. The molecule has 3 rings (SSSR count). The zero-order chi connectivity index (χ0) is 16.9. The SMILES string of the molecule is CCC[C@H]1CN(Cc2cnc[nH]2)C[C@@H]1NC(=O)CN1CCCC1=O. The summed E-state index contributed by atoms with van der Waals surface area (Å²) in [4.78, 5) is 35.2. The van der Waals surface area contributed by atoms with Gasteiger partial charge in [0.25, 0.3) is 0 Å². The van der Waals surface area contributed by atoms with E-state index in [4.69, 9.17) is 0 Å². The van der Waals surface area contributed by atoms with Crippen molar-refractivity contribution in [3.8, 4) is 0 Å². The van der Waals surface area contributed by atoms with Gasteiger partial charge in [0.15, 0.2) is 0 Å². The van der Waals surface area contributed by atoms with Gasteiger partial charge < -0.3 is 15.2 Å². The van der Waals surface area contributed by atoms with Crippen LogP contribution < -0.4 is 5.32 Å². The van der Waals surface area contributed by atoms with Gasteiger partial charge in [-0.3, -0.25) is 14.5 Å². The smallest absolute Gasteiger partial charge is 0.239 e. The van der Waals surface area contributed by atoms with Crippen molar-refractivity contribution in [2.45, 2.75) is 45.2 Å². The van der Waals surface area contributed by atoms with Gasteiger partial charge in [0.1, 0.15) is 0 Å². The summed E-state index contributed by atoms with van der Waals surface area (Å²) in [6, 6.07) is 0.165. The third kappa shape index (κ3) is 4.14. The molecule has 0 aliphatic carbocycles. The third-order valence-electron chi connectivity index (χ3n) is 4.98. The summed E-state index contributed by atoms with van der Waals surface area (Å²) >= 11 is 0. The van der Waals surface area contributed by atoms with Gasteiger partial charge in [-0.1, -0.05) is 13.3 Å². The monoisotopic (exact) mass is 333 g/mol. The van der Waals surface area contributed by atoms with Gasteiger partial charge in [0, 0.05) is 50.5 Å². The minimum absolute atomic E-state index is 0.0280. The molecule has 2 aliphatic rings. The Hall–Kier alpha value is -1.89. The zero-order valence-electron chi connectivity index (χ0n) is 14.3. The number of likely N-dealkylation sites (tertiary alicyclic amines) is 2. The number of aromatic amines is 1. The highest BCUT2D eigenvalue weighted by atomic mass is 16.2. The van der Waals surface area contributed by atoms with Crippen LogP contribution in [0.4, 0.5) is 0 Å². The molecule has 2 saturated heterocycles. The van der Waals surface area contributed by atoms with Crippen LogP contribution in [0.25, 0.3) is 0 Å². The Kier molecular flexibility index (Phi) is 5.50. The van der Waals surface area contributed by atoms with E-state index in [0.717, 1.165) is 44.6 Å². The summed E-state index contributed by atoms with van der Waals surface area (Å²) in [5, 5.41) is 3.17. The summed E-state index contributed by atoms with van der Waals surface area (Å²) in [6.07, 6.45) is 7.20. The van der Waals surface area contributed by atoms with Crippen LogP contribution in [0.1, 0.15) is 38.3 Å². The molecule has 24 heavy (non-hydrogen) atoms. The van der Waals surface area contributed by atoms with E-state index in [-0.39, 0.29) is 24.4 Å². The second kappa shape index (κ2) is 7.79. The maximum absolute atomic E-state index is 12.3. The fourth-order valence-corrected chi connectivity index (χ4v) is 3.83. The van der Waals surface area contributed by atoms with Crippen LogP contribution in [0.5, 0.6) is 0 Å². The normalized spacial score (nSPS) is 24.7. The van der Waals surface area contributed by atoms with Crippen LogP contribution in [-0.2, 0) is 16.1 Å². The molecule has 2 aliphatic heterocycles. The lowest BCUT2D eigenvalue weighted by molar-refractivity contribution is -0.133. The molecule has 1 aromatic heterocycles. The minimum Gasteiger partial charge on any atom is -0.350 e. The quantitative estimate of drug-likeness (QED) is 0.771. The lowest BCUT2D eigenvalue weighted by atomic mass is 9.98. The number of H-pyrrole nitrogens is 1. The molecule has 2 atom stereocenters. The molecule has 0 saturated carbocycles. The predicted molar refractivity (Wildman–Crippen MR) is 90.0 cm³/mol. The molecule has 0 spiro atoms. The summed E-state index contributed by atoms with van der Waals surface area (Å²) in [5.41, 5.74) is 1.10. The second-order valence-electron chi connectivity index (χ2n) is 6.91. The first kappa shape index (κ1) is 17.0. The van der Waals surface area contributed by atoms with E-state index in [1.54, 1.807) is 11.2 Å². The molecule has 7 heteroatoms. The van der Waals surface area contributed by atoms with Crippen LogP contribution >= 0.6 is 0 Å². The molecule has 0 aromatic carbocycles. The van der Waals surface area contributed by atoms with E-state index < -0.39 is 0 Å². The van der Waals surface area contributed by atoms with Crippen LogP contribution in [0, 0.1) is 5.92 Å². The van der Waals surface area contributed by atoms with Crippen molar-refractivity contribution >= 4 is 11.8 Å². The number of amides is 2. The number of rotatable bonds is 7. The average molecular weight is 333 g/mol. The molecule has 1 aromatic rings. The minimum atomic E-state index is -0.0280. The average Bonchev–Trinajstić information content (AvgIpc) is 3.25. The zero-order valence-corrected chi connectivity index (χ0v) is 14.3. The van der Waals surface area contributed by atoms with Crippen LogP contribution in [0.15, 0.2) is 12.5 Å². The van der Waals surface area contributed by atoms with Crippen molar-refractivity contribution in [2.24, 2.45) is 5.92 Å². The number of hydrogen-bond donors (Lipinski definition) is 2. The first-order valence-corrected chi connectivity index (χ1v) is 8.92. The Morgan fingerprint density at radius 3 is 3.00 bits per heavy atom. The Labute approximate surface area is 142 Å². The molecule has 0 radical (unpaired) electrons. The topological polar surface area (TPSA) is 81.3 Å². The van der Waals surface area contributed by atoms with E-state index in [2.05, 4.69) is 27.1 Å². The van der Waals surface area contributed by atoms with E-state index in [9.17, 15) is 9.59 Å². The number of aromatic nitrogens is 2. The predicted octanol–water partition coefficient (Wildman–Crippen LogP) is 0.749. The van der Waals surface area contributed by atoms with Crippen molar-refractivity contribution in [3.63, 3.8) is 0 Å². The van der Waals surface area contributed by atoms with Crippen LogP contribution in [0.3, 0.4) is 0 Å². The van der Waals surface area contributed by atoms with Crippen LogP contribution in [0.2, 0.25) is 0 Å². The van der Waals surface area contributed by atoms with E-state index >= 15 is 0 Å². The van der Waals surface area contributed by atoms with Crippen molar-refractivity contribution in [3.05, 3.63) is 18.2 Å². The highest BCUT2D eigenvalue weighted by molar-refractivity contribution is 5.86. The number of carbonyl (C=O) groups is 2. The Morgan fingerprint density at radius 1 is 1.46 bits per heavy atom. The fourth-order valence-electron chi connectivity index (χ4n) is 3.83. The summed E-state index contributed by atoms with van der Waals surface area (Å²) in [5.74, 6) is 0.540. The highest BCUT2D eigenvalue weighted by Crippen LogP contribution is 2.23. The lowest BCUT2D eigenvalue weighted by Gasteiger charge is -2.21. The number of imidazole rings is 1. The number of nitrogens with one attached hydrogen (secondary N) is 2. The molecule has 0 bridgehead atoms. The van der Waals surface area contributed by atoms with E-state index in [1.807, 2.05) is 6.20 Å². The lowest BCUT2D eigenvalue weighted by Crippen LogP contribution is -2.45. The molecule has 2 N–H and O–H groups in total. The maximum Gasteiger partial charge on any atom is 0.239 e. The first-order chi connectivity index (χ1) is 11.7. The van der Waals surface area contributed by atoms with Gasteiger partial charge in [-0.15, -0.1) is 0 Å². The Balaban J connectivity index is 1.53. The Morgan fingerprint density at radius 2 is 2.33 bits per heavy atom. The van der Waals surface area contributed by atoms with E-state index in [0.29, 0.717) is 18.9 Å². The summed E-state index contributed by atoms with van der Waals surface area (Å²) in [7, 11) is 0. The van der Waals surface area contributed by atoms with Crippen molar-refractivity contribution in [1.82, 2.24) is 25.1 Å². The van der Waals surface area contributed by atoms with Gasteiger partial charge >= 0.3 is 0 Å².